The standard InChI is InChI=1S/C23H25NO4/c1-26-13-6-7-14-15(9-13)16-10-20(27-2)21(28-3)11-17(16)18-12-24-8-4-5-19(24)23(25)22(14)18/h6-7,9-11,19,23,25H,4-5,8,12H2,1-3H3/t19-,23+/m0/s1. The van der Waals surface area contributed by atoms with E-state index in [4.69, 9.17) is 14.2 Å². The predicted octanol–water partition coefficient (Wildman–Crippen LogP) is 4.03. The zero-order chi connectivity index (χ0) is 19.4. The van der Waals surface area contributed by atoms with Gasteiger partial charge >= 0.3 is 0 Å². The lowest BCUT2D eigenvalue weighted by Crippen LogP contribution is -2.39. The highest BCUT2D eigenvalue weighted by Gasteiger charge is 2.39. The first-order chi connectivity index (χ1) is 13.7. The maximum atomic E-state index is 11.3. The Bertz CT molecular complexity index is 1080. The van der Waals surface area contributed by atoms with E-state index >= 15 is 0 Å². The highest BCUT2D eigenvalue weighted by atomic mass is 16.5. The number of rotatable bonds is 3. The summed E-state index contributed by atoms with van der Waals surface area (Å²) in [6.07, 6.45) is 1.69. The fourth-order valence-electron chi connectivity index (χ4n) is 5.08. The van der Waals surface area contributed by atoms with Crippen LogP contribution in [0.2, 0.25) is 0 Å². The van der Waals surface area contributed by atoms with E-state index in [0.717, 1.165) is 58.8 Å². The van der Waals surface area contributed by atoms with Crippen LogP contribution in [0.3, 0.4) is 0 Å². The third kappa shape index (κ3) is 2.39. The molecule has 0 aliphatic carbocycles. The van der Waals surface area contributed by atoms with Crippen molar-refractivity contribution in [2.24, 2.45) is 0 Å². The fourth-order valence-corrected chi connectivity index (χ4v) is 5.08. The van der Waals surface area contributed by atoms with Crippen LogP contribution < -0.4 is 14.2 Å². The molecule has 1 fully saturated rings. The van der Waals surface area contributed by atoms with Crippen LogP contribution in [0.1, 0.15) is 30.1 Å². The Labute approximate surface area is 164 Å². The van der Waals surface area contributed by atoms with Crippen LogP contribution >= 0.6 is 0 Å². The van der Waals surface area contributed by atoms with Crippen LogP contribution in [-0.2, 0) is 6.54 Å². The Morgan fingerprint density at radius 3 is 2.32 bits per heavy atom. The van der Waals surface area contributed by atoms with Crippen LogP contribution in [0.5, 0.6) is 17.2 Å². The van der Waals surface area contributed by atoms with Crippen molar-refractivity contribution in [3.8, 4) is 17.2 Å². The number of methoxy groups -OCH3 is 3. The molecule has 0 saturated carbocycles. The molecule has 0 amide bonds. The van der Waals surface area contributed by atoms with E-state index < -0.39 is 6.10 Å². The molecule has 2 heterocycles. The first-order valence-electron chi connectivity index (χ1n) is 9.76. The molecule has 5 heteroatoms. The van der Waals surface area contributed by atoms with Gasteiger partial charge in [0.05, 0.1) is 27.4 Å². The highest BCUT2D eigenvalue weighted by Crippen LogP contribution is 2.47. The van der Waals surface area contributed by atoms with Gasteiger partial charge in [0.1, 0.15) is 5.75 Å². The monoisotopic (exact) mass is 379 g/mol. The van der Waals surface area contributed by atoms with E-state index in [2.05, 4.69) is 23.1 Å². The first kappa shape index (κ1) is 17.6. The summed E-state index contributed by atoms with van der Waals surface area (Å²) < 4.78 is 16.6. The summed E-state index contributed by atoms with van der Waals surface area (Å²) in [5, 5.41) is 15.7. The molecule has 5 nitrogen and oxygen atoms in total. The van der Waals surface area contributed by atoms with Gasteiger partial charge in [-0.1, -0.05) is 6.07 Å². The van der Waals surface area contributed by atoms with Gasteiger partial charge in [0.15, 0.2) is 11.5 Å². The molecule has 3 aromatic rings. The number of aliphatic hydroxyl groups excluding tert-OH is 1. The molecule has 0 radical (unpaired) electrons. The molecule has 2 atom stereocenters. The largest absolute Gasteiger partial charge is 0.497 e. The molecule has 0 bridgehead atoms. The third-order valence-corrected chi connectivity index (χ3v) is 6.42. The number of nitrogens with zero attached hydrogens (tertiary/aromatic N) is 1. The minimum absolute atomic E-state index is 0.204. The van der Waals surface area contributed by atoms with E-state index in [0.29, 0.717) is 11.5 Å². The van der Waals surface area contributed by atoms with Crippen molar-refractivity contribution in [1.82, 2.24) is 4.90 Å². The number of aliphatic hydroxyl groups is 1. The Morgan fingerprint density at radius 1 is 0.893 bits per heavy atom. The molecule has 0 aromatic heterocycles. The Kier molecular flexibility index (Phi) is 4.11. The Morgan fingerprint density at radius 2 is 1.61 bits per heavy atom. The molecule has 28 heavy (non-hydrogen) atoms. The average Bonchev–Trinajstić information content (AvgIpc) is 3.21. The van der Waals surface area contributed by atoms with Gasteiger partial charge in [0.25, 0.3) is 0 Å². The summed E-state index contributed by atoms with van der Waals surface area (Å²) >= 11 is 0. The summed E-state index contributed by atoms with van der Waals surface area (Å²) in [5.74, 6) is 2.21. The normalized spacial score (nSPS) is 21.6. The first-order valence-corrected chi connectivity index (χ1v) is 9.76. The van der Waals surface area contributed by atoms with Gasteiger partial charge in [-0.2, -0.15) is 0 Å². The summed E-state index contributed by atoms with van der Waals surface area (Å²) in [7, 11) is 4.99. The van der Waals surface area contributed by atoms with Crippen molar-refractivity contribution in [2.45, 2.75) is 31.5 Å². The van der Waals surface area contributed by atoms with Gasteiger partial charge in [0.2, 0.25) is 0 Å². The fraction of sp³-hybridized carbons (Fsp3) is 0.391. The van der Waals surface area contributed by atoms with Gasteiger partial charge in [-0.3, -0.25) is 4.90 Å². The predicted molar refractivity (Wildman–Crippen MR) is 110 cm³/mol. The van der Waals surface area contributed by atoms with Gasteiger partial charge in [-0.25, -0.2) is 0 Å². The van der Waals surface area contributed by atoms with Crippen molar-refractivity contribution in [3.63, 3.8) is 0 Å². The van der Waals surface area contributed by atoms with E-state index in [9.17, 15) is 5.11 Å². The average molecular weight is 379 g/mol. The summed E-state index contributed by atoms with van der Waals surface area (Å²) in [5.41, 5.74) is 2.25. The minimum atomic E-state index is -0.486. The SMILES string of the molecule is COc1ccc2c3c(c4cc(OC)c(OC)cc4c2c1)CN1CCC[C@H]1[C@H]3O. The van der Waals surface area contributed by atoms with Crippen LogP contribution in [0, 0.1) is 0 Å². The van der Waals surface area contributed by atoms with E-state index in [1.807, 2.05) is 12.1 Å². The minimum Gasteiger partial charge on any atom is -0.497 e. The van der Waals surface area contributed by atoms with E-state index in [1.54, 1.807) is 21.3 Å². The molecule has 146 valence electrons. The summed E-state index contributed by atoms with van der Waals surface area (Å²) in [4.78, 5) is 2.42. The zero-order valence-electron chi connectivity index (χ0n) is 16.5. The van der Waals surface area contributed by atoms with Crippen molar-refractivity contribution in [1.29, 1.82) is 0 Å². The molecular weight excluding hydrogens is 354 g/mol. The lowest BCUT2D eigenvalue weighted by molar-refractivity contribution is 0.0552. The maximum Gasteiger partial charge on any atom is 0.161 e. The zero-order valence-corrected chi connectivity index (χ0v) is 16.5. The van der Waals surface area contributed by atoms with Crippen molar-refractivity contribution < 1.29 is 19.3 Å². The van der Waals surface area contributed by atoms with Crippen LogP contribution in [0.4, 0.5) is 0 Å². The number of benzene rings is 3. The third-order valence-electron chi connectivity index (χ3n) is 6.42. The van der Waals surface area contributed by atoms with Gasteiger partial charge in [0, 0.05) is 12.6 Å². The molecule has 3 aromatic carbocycles. The maximum absolute atomic E-state index is 11.3. The lowest BCUT2D eigenvalue weighted by Gasteiger charge is -2.37. The highest BCUT2D eigenvalue weighted by molar-refractivity contribution is 6.12. The summed E-state index contributed by atoms with van der Waals surface area (Å²) in [6.45, 7) is 1.89. The molecule has 2 aliphatic rings. The van der Waals surface area contributed by atoms with E-state index in [1.165, 1.54) is 5.56 Å². The van der Waals surface area contributed by atoms with Crippen molar-refractivity contribution in [3.05, 3.63) is 41.5 Å². The van der Waals surface area contributed by atoms with Gasteiger partial charge in [-0.05, 0) is 76.3 Å². The molecule has 1 saturated heterocycles. The lowest BCUT2D eigenvalue weighted by atomic mass is 9.83. The second kappa shape index (κ2) is 6.54. The number of fused-ring (bicyclic) bond motifs is 7. The van der Waals surface area contributed by atoms with Gasteiger partial charge < -0.3 is 19.3 Å². The second-order valence-electron chi connectivity index (χ2n) is 7.68. The van der Waals surface area contributed by atoms with Gasteiger partial charge in [-0.15, -0.1) is 0 Å². The van der Waals surface area contributed by atoms with E-state index in [-0.39, 0.29) is 6.04 Å². The van der Waals surface area contributed by atoms with Crippen molar-refractivity contribution >= 4 is 21.5 Å². The van der Waals surface area contributed by atoms with Crippen molar-refractivity contribution in [2.75, 3.05) is 27.9 Å². The number of hydrogen-bond acceptors (Lipinski definition) is 5. The topological polar surface area (TPSA) is 51.2 Å². The number of hydrogen-bond donors (Lipinski definition) is 1. The molecule has 1 N–H and O–H groups in total. The van der Waals surface area contributed by atoms with Crippen LogP contribution in [0.15, 0.2) is 30.3 Å². The second-order valence-corrected chi connectivity index (χ2v) is 7.68. The molecule has 5 rings (SSSR count). The molecular formula is C23H25NO4. The number of ether oxygens (including phenoxy) is 3. The Hall–Kier alpha value is -2.50. The quantitative estimate of drug-likeness (QED) is 0.697. The smallest absolute Gasteiger partial charge is 0.161 e. The van der Waals surface area contributed by atoms with Crippen LogP contribution in [-0.4, -0.2) is 43.9 Å². The Balaban J connectivity index is 1.91. The molecule has 2 aliphatic heterocycles. The summed E-state index contributed by atoms with van der Waals surface area (Å²) in [6, 6.07) is 10.4. The van der Waals surface area contributed by atoms with Crippen LogP contribution in [0.25, 0.3) is 21.5 Å². The molecule has 0 spiro atoms. The molecule has 0 unspecified atom stereocenters.